The molecule has 0 radical (unpaired) electrons. The first kappa shape index (κ1) is 19.0. The molecule has 2 aromatic carbocycles. The molecule has 7 heteroatoms. The zero-order valence-corrected chi connectivity index (χ0v) is 15.7. The average Bonchev–Trinajstić information content (AvgIpc) is 2.72. The predicted octanol–water partition coefficient (Wildman–Crippen LogP) is 2.85. The van der Waals surface area contributed by atoms with Crippen molar-refractivity contribution in [3.8, 4) is 0 Å². The van der Waals surface area contributed by atoms with Gasteiger partial charge in [0.25, 0.3) is 11.8 Å². The Morgan fingerprint density at radius 1 is 0.929 bits per heavy atom. The quantitative estimate of drug-likeness (QED) is 0.692. The standard InChI is InChI=1S/C21H21N5O2/c1-26(2)20(28)16-9-7-15(8-10-16)14-24-19(27)17-5-3-6-18(13-17)25-21-22-11-4-12-23-21/h3-13H,14H2,1-2H3,(H,24,27)(H,22,23,25). The van der Waals surface area contributed by atoms with Crippen LogP contribution < -0.4 is 10.6 Å². The minimum absolute atomic E-state index is 0.0534. The van der Waals surface area contributed by atoms with Crippen molar-refractivity contribution in [2.45, 2.75) is 6.54 Å². The summed E-state index contributed by atoms with van der Waals surface area (Å²) >= 11 is 0. The molecule has 0 aliphatic carbocycles. The number of rotatable bonds is 6. The van der Waals surface area contributed by atoms with Gasteiger partial charge in [0.05, 0.1) is 0 Å². The smallest absolute Gasteiger partial charge is 0.253 e. The summed E-state index contributed by atoms with van der Waals surface area (Å²) in [7, 11) is 3.42. The largest absolute Gasteiger partial charge is 0.348 e. The van der Waals surface area contributed by atoms with Gasteiger partial charge in [0.2, 0.25) is 5.95 Å². The van der Waals surface area contributed by atoms with E-state index < -0.39 is 0 Å². The third kappa shape index (κ3) is 4.91. The van der Waals surface area contributed by atoms with Gasteiger partial charge >= 0.3 is 0 Å². The van der Waals surface area contributed by atoms with Crippen molar-refractivity contribution in [3.63, 3.8) is 0 Å². The van der Waals surface area contributed by atoms with Gasteiger partial charge in [0.15, 0.2) is 0 Å². The molecule has 0 saturated carbocycles. The SMILES string of the molecule is CN(C)C(=O)c1ccc(CNC(=O)c2cccc(Nc3ncccn3)c2)cc1. The van der Waals surface area contributed by atoms with E-state index in [4.69, 9.17) is 0 Å². The number of carbonyl (C=O) groups excluding carboxylic acids is 2. The van der Waals surface area contributed by atoms with Gasteiger partial charge in [0, 0.05) is 49.8 Å². The highest BCUT2D eigenvalue weighted by atomic mass is 16.2. The van der Waals surface area contributed by atoms with Crippen molar-refractivity contribution >= 4 is 23.5 Å². The van der Waals surface area contributed by atoms with E-state index in [-0.39, 0.29) is 11.8 Å². The lowest BCUT2D eigenvalue weighted by Gasteiger charge is -2.11. The molecule has 0 aliphatic heterocycles. The summed E-state index contributed by atoms with van der Waals surface area (Å²) in [5.74, 6) is 0.223. The van der Waals surface area contributed by atoms with Crippen LogP contribution in [0.2, 0.25) is 0 Å². The minimum Gasteiger partial charge on any atom is -0.348 e. The molecule has 0 unspecified atom stereocenters. The second-order valence-corrected chi connectivity index (χ2v) is 6.36. The molecule has 7 nitrogen and oxygen atoms in total. The van der Waals surface area contributed by atoms with Crippen LogP contribution in [0.1, 0.15) is 26.3 Å². The number of amides is 2. The van der Waals surface area contributed by atoms with Crippen molar-refractivity contribution in [3.05, 3.63) is 83.7 Å². The lowest BCUT2D eigenvalue weighted by molar-refractivity contribution is 0.0827. The number of hydrogen-bond donors (Lipinski definition) is 2. The monoisotopic (exact) mass is 375 g/mol. The van der Waals surface area contributed by atoms with E-state index in [1.807, 2.05) is 18.2 Å². The summed E-state index contributed by atoms with van der Waals surface area (Å²) in [4.78, 5) is 34.1. The molecule has 1 heterocycles. The van der Waals surface area contributed by atoms with Gasteiger partial charge in [0.1, 0.15) is 0 Å². The summed E-state index contributed by atoms with van der Waals surface area (Å²) < 4.78 is 0. The number of anilines is 2. The zero-order chi connectivity index (χ0) is 19.9. The van der Waals surface area contributed by atoms with Gasteiger partial charge < -0.3 is 15.5 Å². The average molecular weight is 375 g/mol. The van der Waals surface area contributed by atoms with Crippen LogP contribution >= 0.6 is 0 Å². The molecule has 2 amide bonds. The van der Waals surface area contributed by atoms with Crippen LogP contribution in [0.25, 0.3) is 0 Å². The van der Waals surface area contributed by atoms with E-state index in [1.54, 1.807) is 62.9 Å². The number of benzene rings is 2. The number of aromatic nitrogens is 2. The Morgan fingerprint density at radius 3 is 2.32 bits per heavy atom. The van der Waals surface area contributed by atoms with Crippen LogP contribution in [0, 0.1) is 0 Å². The number of hydrogen-bond acceptors (Lipinski definition) is 5. The van der Waals surface area contributed by atoms with Gasteiger partial charge in [-0.2, -0.15) is 0 Å². The molecule has 3 aromatic rings. The third-order valence-electron chi connectivity index (χ3n) is 4.01. The lowest BCUT2D eigenvalue weighted by Crippen LogP contribution is -2.23. The molecule has 0 aliphatic rings. The van der Waals surface area contributed by atoms with Crippen molar-refractivity contribution in [1.29, 1.82) is 0 Å². The molecular weight excluding hydrogens is 354 g/mol. The fourth-order valence-electron chi connectivity index (χ4n) is 2.54. The Hall–Kier alpha value is -3.74. The van der Waals surface area contributed by atoms with E-state index in [0.717, 1.165) is 11.3 Å². The third-order valence-corrected chi connectivity index (χ3v) is 4.01. The van der Waals surface area contributed by atoms with E-state index in [9.17, 15) is 9.59 Å². The van der Waals surface area contributed by atoms with Gasteiger partial charge in [-0.15, -0.1) is 0 Å². The Bertz CT molecular complexity index is 956. The van der Waals surface area contributed by atoms with E-state index >= 15 is 0 Å². The van der Waals surface area contributed by atoms with Crippen molar-refractivity contribution in [2.24, 2.45) is 0 Å². The van der Waals surface area contributed by atoms with Crippen LogP contribution in [-0.2, 0) is 6.54 Å². The first-order chi connectivity index (χ1) is 13.5. The number of carbonyl (C=O) groups is 2. The summed E-state index contributed by atoms with van der Waals surface area (Å²) in [5, 5.41) is 5.95. The van der Waals surface area contributed by atoms with E-state index in [1.165, 1.54) is 4.90 Å². The molecule has 0 saturated heterocycles. The number of nitrogens with one attached hydrogen (secondary N) is 2. The van der Waals surface area contributed by atoms with Crippen LogP contribution in [-0.4, -0.2) is 40.8 Å². The Morgan fingerprint density at radius 2 is 1.64 bits per heavy atom. The summed E-state index contributed by atoms with van der Waals surface area (Å²) in [6.45, 7) is 0.370. The van der Waals surface area contributed by atoms with Crippen LogP contribution in [0.3, 0.4) is 0 Å². The van der Waals surface area contributed by atoms with Crippen LogP contribution in [0.15, 0.2) is 67.0 Å². The maximum Gasteiger partial charge on any atom is 0.253 e. The van der Waals surface area contributed by atoms with Crippen LogP contribution in [0.4, 0.5) is 11.6 Å². The first-order valence-electron chi connectivity index (χ1n) is 8.76. The molecule has 142 valence electrons. The molecule has 0 spiro atoms. The molecule has 0 fully saturated rings. The normalized spacial score (nSPS) is 10.2. The molecule has 0 atom stereocenters. The maximum atomic E-state index is 12.5. The van der Waals surface area contributed by atoms with Gasteiger partial charge in [-0.05, 0) is 42.0 Å². The second kappa shape index (κ2) is 8.77. The molecular formula is C21H21N5O2. The highest BCUT2D eigenvalue weighted by molar-refractivity contribution is 5.95. The topological polar surface area (TPSA) is 87.2 Å². The van der Waals surface area contributed by atoms with Gasteiger partial charge in [-0.25, -0.2) is 9.97 Å². The molecule has 3 rings (SSSR count). The number of nitrogens with zero attached hydrogens (tertiary/aromatic N) is 3. The predicted molar refractivity (Wildman–Crippen MR) is 107 cm³/mol. The van der Waals surface area contributed by atoms with E-state index in [0.29, 0.717) is 23.6 Å². The van der Waals surface area contributed by atoms with Crippen molar-refractivity contribution < 1.29 is 9.59 Å². The summed E-state index contributed by atoms with van der Waals surface area (Å²) in [6, 6.07) is 16.0. The Balaban J connectivity index is 1.60. The highest BCUT2D eigenvalue weighted by Gasteiger charge is 2.09. The second-order valence-electron chi connectivity index (χ2n) is 6.36. The van der Waals surface area contributed by atoms with Crippen LogP contribution in [0.5, 0.6) is 0 Å². The highest BCUT2D eigenvalue weighted by Crippen LogP contribution is 2.14. The first-order valence-corrected chi connectivity index (χ1v) is 8.76. The zero-order valence-electron chi connectivity index (χ0n) is 15.7. The fourth-order valence-corrected chi connectivity index (χ4v) is 2.54. The Kier molecular flexibility index (Phi) is 5.96. The molecule has 28 heavy (non-hydrogen) atoms. The van der Waals surface area contributed by atoms with Crippen molar-refractivity contribution in [2.75, 3.05) is 19.4 Å². The maximum absolute atomic E-state index is 12.5. The minimum atomic E-state index is -0.189. The summed E-state index contributed by atoms with van der Waals surface area (Å²) in [6.07, 6.45) is 3.28. The van der Waals surface area contributed by atoms with E-state index in [2.05, 4.69) is 20.6 Å². The van der Waals surface area contributed by atoms with Gasteiger partial charge in [-0.3, -0.25) is 9.59 Å². The van der Waals surface area contributed by atoms with Crippen molar-refractivity contribution in [1.82, 2.24) is 20.2 Å². The molecule has 2 N–H and O–H groups in total. The summed E-state index contributed by atoms with van der Waals surface area (Å²) in [5.41, 5.74) is 2.78. The molecule has 1 aromatic heterocycles. The Labute approximate surface area is 163 Å². The molecule has 0 bridgehead atoms. The fraction of sp³-hybridized carbons (Fsp3) is 0.143. The van der Waals surface area contributed by atoms with Gasteiger partial charge in [-0.1, -0.05) is 18.2 Å². The lowest BCUT2D eigenvalue weighted by atomic mass is 10.1.